The molecule has 0 radical (unpaired) electrons. The van der Waals surface area contributed by atoms with Crippen LogP contribution in [0.4, 0.5) is 0 Å². The smallest absolute Gasteiger partial charge is 0.332 e. The van der Waals surface area contributed by atoms with Gasteiger partial charge in [0.2, 0.25) is 5.91 Å². The van der Waals surface area contributed by atoms with Crippen LogP contribution in [-0.4, -0.2) is 35.3 Å². The standard InChI is InChI=1S/C16H20ClN3O4/c1-4-19-15(22)12-6-5-11(17)9-13(12)20(16(19)23)10(2)14(21)18-7-8-24-3/h5-6,9-10H,4,7-8H2,1-3H3,(H,18,21)/t10-/m0/s1. The third-order valence-corrected chi connectivity index (χ3v) is 4.06. The number of carbonyl (C=O) groups excluding carboxylic acids is 1. The highest BCUT2D eigenvalue weighted by Gasteiger charge is 2.21. The number of carbonyl (C=O) groups is 1. The van der Waals surface area contributed by atoms with Gasteiger partial charge in [-0.1, -0.05) is 11.6 Å². The molecule has 1 heterocycles. The maximum absolute atomic E-state index is 12.7. The molecule has 130 valence electrons. The minimum atomic E-state index is -0.797. The first-order chi connectivity index (χ1) is 11.4. The highest BCUT2D eigenvalue weighted by atomic mass is 35.5. The van der Waals surface area contributed by atoms with Crippen molar-refractivity contribution >= 4 is 28.4 Å². The SMILES string of the molecule is CCn1c(=O)c2ccc(Cl)cc2n([C@@H](C)C(=O)NCCOC)c1=O. The lowest BCUT2D eigenvalue weighted by atomic mass is 10.2. The number of nitrogens with zero attached hydrogens (tertiary/aromatic N) is 2. The molecule has 0 bridgehead atoms. The molecule has 0 spiro atoms. The molecule has 0 aliphatic heterocycles. The van der Waals surface area contributed by atoms with Crippen molar-refractivity contribution in [2.24, 2.45) is 0 Å². The van der Waals surface area contributed by atoms with E-state index in [0.717, 1.165) is 4.57 Å². The Morgan fingerprint density at radius 1 is 1.38 bits per heavy atom. The van der Waals surface area contributed by atoms with Gasteiger partial charge in [-0.15, -0.1) is 0 Å². The average Bonchev–Trinajstić information content (AvgIpc) is 2.55. The van der Waals surface area contributed by atoms with Crippen LogP contribution >= 0.6 is 11.6 Å². The molecule has 0 saturated carbocycles. The third-order valence-electron chi connectivity index (χ3n) is 3.82. The Morgan fingerprint density at radius 3 is 2.71 bits per heavy atom. The van der Waals surface area contributed by atoms with Crippen LogP contribution in [0.15, 0.2) is 27.8 Å². The van der Waals surface area contributed by atoms with Crippen molar-refractivity contribution in [3.05, 3.63) is 44.1 Å². The average molecular weight is 354 g/mol. The molecular weight excluding hydrogens is 334 g/mol. The summed E-state index contributed by atoms with van der Waals surface area (Å²) in [5.41, 5.74) is -0.583. The van der Waals surface area contributed by atoms with Crippen LogP contribution in [0.2, 0.25) is 5.02 Å². The number of aromatic nitrogens is 2. The Kier molecular flexibility index (Phi) is 5.80. The zero-order valence-corrected chi connectivity index (χ0v) is 14.6. The molecule has 24 heavy (non-hydrogen) atoms. The van der Waals surface area contributed by atoms with Gasteiger partial charge in [-0.05, 0) is 32.0 Å². The fourth-order valence-electron chi connectivity index (χ4n) is 2.54. The van der Waals surface area contributed by atoms with Gasteiger partial charge in [-0.25, -0.2) is 4.79 Å². The Hall–Kier alpha value is -2.12. The number of hydrogen-bond donors (Lipinski definition) is 1. The van der Waals surface area contributed by atoms with E-state index in [2.05, 4.69) is 5.32 Å². The van der Waals surface area contributed by atoms with Gasteiger partial charge >= 0.3 is 5.69 Å². The molecule has 0 unspecified atom stereocenters. The number of benzene rings is 1. The molecule has 1 amide bonds. The van der Waals surface area contributed by atoms with Crippen molar-refractivity contribution in [1.82, 2.24) is 14.5 Å². The summed E-state index contributed by atoms with van der Waals surface area (Å²) >= 11 is 6.01. The fraction of sp³-hybridized carbons (Fsp3) is 0.438. The Bertz CT molecular complexity index is 872. The van der Waals surface area contributed by atoms with Crippen LogP contribution in [-0.2, 0) is 16.1 Å². The molecule has 0 saturated heterocycles. The highest BCUT2D eigenvalue weighted by molar-refractivity contribution is 6.31. The number of halogens is 1. The normalized spacial score (nSPS) is 12.3. The number of rotatable bonds is 6. The predicted octanol–water partition coefficient (Wildman–Crippen LogP) is 1.16. The van der Waals surface area contributed by atoms with Gasteiger partial charge in [0.25, 0.3) is 5.56 Å². The monoisotopic (exact) mass is 353 g/mol. The van der Waals surface area contributed by atoms with Gasteiger partial charge in [0.15, 0.2) is 0 Å². The van der Waals surface area contributed by atoms with E-state index in [1.54, 1.807) is 26.0 Å². The van der Waals surface area contributed by atoms with Crippen LogP contribution in [0.5, 0.6) is 0 Å². The molecule has 1 atom stereocenters. The van der Waals surface area contributed by atoms with Gasteiger partial charge in [0.1, 0.15) is 6.04 Å². The number of hydrogen-bond acceptors (Lipinski definition) is 4. The van der Waals surface area contributed by atoms with Gasteiger partial charge in [0, 0.05) is 25.2 Å². The lowest BCUT2D eigenvalue weighted by Crippen LogP contribution is -2.44. The largest absolute Gasteiger partial charge is 0.383 e. The number of fused-ring (bicyclic) bond motifs is 1. The summed E-state index contributed by atoms with van der Waals surface area (Å²) in [6, 6.07) is 3.88. The van der Waals surface area contributed by atoms with Crippen molar-refractivity contribution in [2.45, 2.75) is 26.4 Å². The molecule has 2 rings (SSSR count). The summed E-state index contributed by atoms with van der Waals surface area (Å²) in [5.74, 6) is -0.336. The number of methoxy groups -OCH3 is 1. The zero-order valence-electron chi connectivity index (χ0n) is 13.8. The van der Waals surface area contributed by atoms with Gasteiger partial charge in [0.05, 0.1) is 17.5 Å². The zero-order chi connectivity index (χ0) is 17.9. The summed E-state index contributed by atoms with van der Waals surface area (Å²) in [6.07, 6.45) is 0. The Balaban J connectivity index is 2.63. The fourth-order valence-corrected chi connectivity index (χ4v) is 2.71. The molecule has 8 heteroatoms. The van der Waals surface area contributed by atoms with E-state index < -0.39 is 17.3 Å². The molecule has 2 aromatic rings. The van der Waals surface area contributed by atoms with Crippen molar-refractivity contribution < 1.29 is 9.53 Å². The number of ether oxygens (including phenoxy) is 1. The van der Waals surface area contributed by atoms with Crippen molar-refractivity contribution in [1.29, 1.82) is 0 Å². The van der Waals surface area contributed by atoms with E-state index in [1.165, 1.54) is 17.7 Å². The van der Waals surface area contributed by atoms with Gasteiger partial charge in [-0.3, -0.25) is 18.7 Å². The van der Waals surface area contributed by atoms with Gasteiger partial charge < -0.3 is 10.1 Å². The summed E-state index contributed by atoms with van der Waals surface area (Å²) in [6.45, 7) is 4.23. The summed E-state index contributed by atoms with van der Waals surface area (Å²) < 4.78 is 7.30. The molecule has 0 aliphatic carbocycles. The first-order valence-electron chi connectivity index (χ1n) is 7.63. The maximum atomic E-state index is 12.7. The first-order valence-corrected chi connectivity index (χ1v) is 8.01. The van der Waals surface area contributed by atoms with Crippen molar-refractivity contribution in [3.63, 3.8) is 0 Å². The molecule has 7 nitrogen and oxygen atoms in total. The second-order valence-electron chi connectivity index (χ2n) is 5.32. The predicted molar refractivity (Wildman–Crippen MR) is 92.7 cm³/mol. The quantitative estimate of drug-likeness (QED) is 0.790. The van der Waals surface area contributed by atoms with Crippen LogP contribution in [0.1, 0.15) is 19.9 Å². The van der Waals surface area contributed by atoms with E-state index in [9.17, 15) is 14.4 Å². The number of amides is 1. The minimum absolute atomic E-state index is 0.217. The third kappa shape index (κ3) is 3.37. The lowest BCUT2D eigenvalue weighted by Gasteiger charge is -2.19. The summed E-state index contributed by atoms with van der Waals surface area (Å²) in [7, 11) is 1.53. The molecule has 1 N–H and O–H groups in total. The molecule has 1 aromatic carbocycles. The summed E-state index contributed by atoms with van der Waals surface area (Å²) in [5, 5.41) is 3.43. The number of nitrogens with one attached hydrogen (secondary N) is 1. The second kappa shape index (κ2) is 7.63. The van der Waals surface area contributed by atoms with E-state index >= 15 is 0 Å². The van der Waals surface area contributed by atoms with Crippen LogP contribution in [0.3, 0.4) is 0 Å². The Morgan fingerprint density at radius 2 is 2.08 bits per heavy atom. The minimum Gasteiger partial charge on any atom is -0.383 e. The lowest BCUT2D eigenvalue weighted by molar-refractivity contribution is -0.124. The summed E-state index contributed by atoms with van der Waals surface area (Å²) in [4.78, 5) is 37.5. The van der Waals surface area contributed by atoms with Crippen molar-refractivity contribution in [2.75, 3.05) is 20.3 Å². The second-order valence-corrected chi connectivity index (χ2v) is 5.76. The van der Waals surface area contributed by atoms with Gasteiger partial charge in [-0.2, -0.15) is 0 Å². The molecule has 0 fully saturated rings. The van der Waals surface area contributed by atoms with E-state index in [4.69, 9.17) is 16.3 Å². The Labute approximate surface area is 143 Å². The molecular formula is C16H20ClN3O4. The topological polar surface area (TPSA) is 82.3 Å². The van der Waals surface area contributed by atoms with E-state index in [0.29, 0.717) is 29.1 Å². The molecule has 1 aromatic heterocycles. The van der Waals surface area contributed by atoms with E-state index in [1.807, 2.05) is 0 Å². The van der Waals surface area contributed by atoms with Crippen LogP contribution in [0.25, 0.3) is 10.9 Å². The van der Waals surface area contributed by atoms with Crippen LogP contribution < -0.4 is 16.6 Å². The van der Waals surface area contributed by atoms with E-state index in [-0.39, 0.29) is 12.5 Å². The molecule has 0 aliphatic rings. The first kappa shape index (κ1) is 18.2. The van der Waals surface area contributed by atoms with Crippen LogP contribution in [0, 0.1) is 0 Å². The maximum Gasteiger partial charge on any atom is 0.332 e. The highest BCUT2D eigenvalue weighted by Crippen LogP contribution is 2.18. The van der Waals surface area contributed by atoms with Crippen molar-refractivity contribution in [3.8, 4) is 0 Å².